The molecule has 0 aliphatic carbocycles. The molecule has 6 heteroatoms. The van der Waals surface area contributed by atoms with Gasteiger partial charge in [0, 0.05) is 11.7 Å². The quantitative estimate of drug-likeness (QED) is 0.735. The summed E-state index contributed by atoms with van der Waals surface area (Å²) in [4.78, 5) is 23.0. The first-order valence-corrected chi connectivity index (χ1v) is 6.40. The summed E-state index contributed by atoms with van der Waals surface area (Å²) in [5, 5.41) is 5.46. The van der Waals surface area contributed by atoms with Crippen LogP contribution >= 0.6 is 0 Å². The Bertz CT molecular complexity index is 483. The molecule has 110 valence electrons. The summed E-state index contributed by atoms with van der Waals surface area (Å²) >= 11 is 0. The molecule has 4 N–H and O–H groups in total. The van der Waals surface area contributed by atoms with E-state index in [1.54, 1.807) is 13.0 Å². The van der Waals surface area contributed by atoms with Crippen molar-refractivity contribution < 1.29 is 14.0 Å². The molecule has 5 nitrogen and oxygen atoms in total. The predicted molar refractivity (Wildman–Crippen MR) is 75.6 cm³/mol. The number of primary amides is 1. The van der Waals surface area contributed by atoms with Crippen LogP contribution in [0.2, 0.25) is 0 Å². The van der Waals surface area contributed by atoms with E-state index < -0.39 is 17.8 Å². The fraction of sp³-hybridized carbons (Fsp3) is 0.429. The van der Waals surface area contributed by atoms with Gasteiger partial charge in [-0.2, -0.15) is 0 Å². The minimum absolute atomic E-state index is 0.0209. The standard InChI is InChI=1S/C14H20FN3O2/c1-8(2)17-13(19)7-12(14(16)20)18-11-5-9(3)4-10(15)6-11/h4-6,8,12,18H,7H2,1-3H3,(H2,16,20)(H,17,19). The lowest BCUT2D eigenvalue weighted by Gasteiger charge is -2.18. The van der Waals surface area contributed by atoms with Crippen LogP contribution in [0.15, 0.2) is 18.2 Å². The van der Waals surface area contributed by atoms with Gasteiger partial charge in [-0.05, 0) is 44.5 Å². The second-order valence-electron chi connectivity index (χ2n) is 5.04. The zero-order chi connectivity index (χ0) is 15.3. The van der Waals surface area contributed by atoms with Gasteiger partial charge in [-0.3, -0.25) is 9.59 Å². The van der Waals surface area contributed by atoms with Gasteiger partial charge in [0.1, 0.15) is 11.9 Å². The first kappa shape index (κ1) is 15.9. The van der Waals surface area contributed by atoms with E-state index in [2.05, 4.69) is 10.6 Å². The number of nitrogens with two attached hydrogens (primary N) is 1. The zero-order valence-electron chi connectivity index (χ0n) is 11.9. The van der Waals surface area contributed by atoms with Gasteiger partial charge in [0.25, 0.3) is 0 Å². The number of hydrogen-bond acceptors (Lipinski definition) is 3. The van der Waals surface area contributed by atoms with Gasteiger partial charge in [-0.15, -0.1) is 0 Å². The van der Waals surface area contributed by atoms with Crippen LogP contribution in [0, 0.1) is 12.7 Å². The second-order valence-corrected chi connectivity index (χ2v) is 5.04. The Balaban J connectivity index is 2.77. The molecule has 1 aromatic carbocycles. The Kier molecular flexibility index (Phi) is 5.49. The molecule has 1 unspecified atom stereocenters. The summed E-state index contributed by atoms with van der Waals surface area (Å²) < 4.78 is 13.3. The lowest BCUT2D eigenvalue weighted by Crippen LogP contribution is -2.41. The molecule has 0 saturated heterocycles. The summed E-state index contributed by atoms with van der Waals surface area (Å²) in [7, 11) is 0. The van der Waals surface area contributed by atoms with Crippen molar-refractivity contribution in [3.8, 4) is 0 Å². The molecule has 1 aromatic rings. The van der Waals surface area contributed by atoms with Crippen molar-refractivity contribution in [2.24, 2.45) is 5.73 Å². The number of carbonyl (C=O) groups is 2. The van der Waals surface area contributed by atoms with E-state index in [0.717, 1.165) is 0 Å². The van der Waals surface area contributed by atoms with Gasteiger partial charge in [0.05, 0.1) is 6.42 Å². The Morgan fingerprint density at radius 2 is 1.95 bits per heavy atom. The third-order valence-electron chi connectivity index (χ3n) is 2.57. The number of amides is 2. The largest absolute Gasteiger partial charge is 0.373 e. The first-order chi connectivity index (χ1) is 9.27. The van der Waals surface area contributed by atoms with E-state index in [0.29, 0.717) is 11.3 Å². The van der Waals surface area contributed by atoms with E-state index in [1.165, 1.54) is 12.1 Å². The molecular formula is C14H20FN3O2. The highest BCUT2D eigenvalue weighted by Gasteiger charge is 2.20. The highest BCUT2D eigenvalue weighted by atomic mass is 19.1. The molecule has 0 aliphatic rings. The van der Waals surface area contributed by atoms with Gasteiger partial charge in [-0.1, -0.05) is 0 Å². The van der Waals surface area contributed by atoms with E-state index >= 15 is 0 Å². The highest BCUT2D eigenvalue weighted by molar-refractivity contribution is 5.89. The number of carbonyl (C=O) groups excluding carboxylic acids is 2. The minimum atomic E-state index is -0.880. The molecule has 2 amide bonds. The highest BCUT2D eigenvalue weighted by Crippen LogP contribution is 2.15. The van der Waals surface area contributed by atoms with E-state index in [9.17, 15) is 14.0 Å². The summed E-state index contributed by atoms with van der Waals surface area (Å²) in [6.07, 6.45) is -0.0942. The van der Waals surface area contributed by atoms with Crippen LogP contribution in [0.25, 0.3) is 0 Å². The van der Waals surface area contributed by atoms with Crippen molar-refractivity contribution in [2.45, 2.75) is 39.3 Å². The van der Waals surface area contributed by atoms with E-state index in [4.69, 9.17) is 5.73 Å². The van der Waals surface area contributed by atoms with E-state index in [-0.39, 0.29) is 18.4 Å². The van der Waals surface area contributed by atoms with Crippen LogP contribution in [-0.2, 0) is 9.59 Å². The van der Waals surface area contributed by atoms with Crippen molar-refractivity contribution >= 4 is 17.5 Å². The van der Waals surface area contributed by atoms with Crippen LogP contribution in [0.5, 0.6) is 0 Å². The maximum absolute atomic E-state index is 13.3. The predicted octanol–water partition coefficient (Wildman–Crippen LogP) is 1.31. The molecule has 0 fully saturated rings. The molecule has 0 saturated carbocycles. The lowest BCUT2D eigenvalue weighted by atomic mass is 10.1. The van der Waals surface area contributed by atoms with Gasteiger partial charge < -0.3 is 16.4 Å². The Labute approximate surface area is 117 Å². The van der Waals surface area contributed by atoms with Crippen LogP contribution < -0.4 is 16.4 Å². The number of halogens is 1. The molecule has 20 heavy (non-hydrogen) atoms. The molecule has 0 aliphatic heterocycles. The van der Waals surface area contributed by atoms with Crippen molar-refractivity contribution in [3.05, 3.63) is 29.6 Å². The summed E-state index contributed by atoms with van der Waals surface area (Å²) in [5.74, 6) is -1.36. The number of anilines is 1. The summed E-state index contributed by atoms with van der Waals surface area (Å²) in [5.41, 5.74) is 6.40. The monoisotopic (exact) mass is 281 g/mol. The SMILES string of the molecule is Cc1cc(F)cc(NC(CC(=O)NC(C)C)C(N)=O)c1. The van der Waals surface area contributed by atoms with Gasteiger partial charge in [0.15, 0.2) is 0 Å². The molecule has 0 heterocycles. The fourth-order valence-corrected chi connectivity index (χ4v) is 1.81. The van der Waals surface area contributed by atoms with Gasteiger partial charge in [-0.25, -0.2) is 4.39 Å². The Morgan fingerprint density at radius 3 is 2.45 bits per heavy atom. The first-order valence-electron chi connectivity index (χ1n) is 6.40. The topological polar surface area (TPSA) is 84.2 Å². The lowest BCUT2D eigenvalue weighted by molar-refractivity contribution is -0.125. The molecule has 0 radical (unpaired) electrons. The van der Waals surface area contributed by atoms with Crippen LogP contribution in [-0.4, -0.2) is 23.9 Å². The summed E-state index contributed by atoms with van der Waals surface area (Å²) in [6, 6.07) is 3.40. The molecular weight excluding hydrogens is 261 g/mol. The van der Waals surface area contributed by atoms with Gasteiger partial charge >= 0.3 is 0 Å². The average Bonchev–Trinajstić information content (AvgIpc) is 2.25. The molecule has 1 rings (SSSR count). The smallest absolute Gasteiger partial charge is 0.240 e. The zero-order valence-corrected chi connectivity index (χ0v) is 11.9. The van der Waals surface area contributed by atoms with Gasteiger partial charge in [0.2, 0.25) is 11.8 Å². The maximum Gasteiger partial charge on any atom is 0.240 e. The summed E-state index contributed by atoms with van der Waals surface area (Å²) in [6.45, 7) is 5.38. The minimum Gasteiger partial charge on any atom is -0.373 e. The van der Waals surface area contributed by atoms with Crippen LogP contribution in [0.1, 0.15) is 25.8 Å². The third kappa shape index (κ3) is 5.26. The van der Waals surface area contributed by atoms with Crippen molar-refractivity contribution in [1.29, 1.82) is 0 Å². The second kappa shape index (κ2) is 6.88. The van der Waals surface area contributed by atoms with Crippen molar-refractivity contribution in [1.82, 2.24) is 5.32 Å². The van der Waals surface area contributed by atoms with Crippen LogP contribution in [0.4, 0.5) is 10.1 Å². The molecule has 1 atom stereocenters. The number of benzene rings is 1. The van der Waals surface area contributed by atoms with Crippen LogP contribution in [0.3, 0.4) is 0 Å². The third-order valence-corrected chi connectivity index (χ3v) is 2.57. The Hall–Kier alpha value is -2.11. The molecule has 0 aromatic heterocycles. The number of nitrogens with one attached hydrogen (secondary N) is 2. The fourth-order valence-electron chi connectivity index (χ4n) is 1.81. The number of hydrogen-bond donors (Lipinski definition) is 3. The number of rotatable bonds is 6. The van der Waals surface area contributed by atoms with Crippen molar-refractivity contribution in [3.63, 3.8) is 0 Å². The maximum atomic E-state index is 13.3. The Morgan fingerprint density at radius 1 is 1.30 bits per heavy atom. The molecule has 0 spiro atoms. The van der Waals surface area contributed by atoms with Crippen molar-refractivity contribution in [2.75, 3.05) is 5.32 Å². The number of aryl methyl sites for hydroxylation is 1. The van der Waals surface area contributed by atoms with E-state index in [1.807, 2.05) is 13.8 Å². The normalized spacial score (nSPS) is 12.1. The molecule has 0 bridgehead atoms. The average molecular weight is 281 g/mol.